The number of likely N-dealkylation sites (tertiary alicyclic amines) is 1. The van der Waals surface area contributed by atoms with Crippen LogP contribution in [0.3, 0.4) is 0 Å². The fraction of sp³-hybridized carbons (Fsp3) is 0.650. The van der Waals surface area contributed by atoms with Gasteiger partial charge in [0.25, 0.3) is 0 Å². The lowest BCUT2D eigenvalue weighted by Gasteiger charge is -2.26. The maximum absolute atomic E-state index is 4.83. The van der Waals surface area contributed by atoms with Crippen LogP contribution in [0.1, 0.15) is 30.5 Å². The molecule has 2 fully saturated rings. The first-order chi connectivity index (χ1) is 13.7. The minimum Gasteiger partial charge on any atom is -0.370 e. The molecular weight excluding hydrogens is 370 g/mol. The number of nitrogens with one attached hydrogen (secondary N) is 2. The van der Waals surface area contributed by atoms with Crippen LogP contribution in [0.15, 0.2) is 6.20 Å². The van der Waals surface area contributed by atoms with Crippen LogP contribution in [0.2, 0.25) is 0 Å². The van der Waals surface area contributed by atoms with Crippen LogP contribution in [0.4, 0.5) is 10.9 Å². The summed E-state index contributed by atoms with van der Waals surface area (Å²) in [5.41, 5.74) is 2.17. The predicted molar refractivity (Wildman–Crippen MR) is 116 cm³/mol. The minimum absolute atomic E-state index is 0.782. The molecule has 0 bridgehead atoms. The van der Waals surface area contributed by atoms with E-state index < -0.39 is 0 Å². The summed E-state index contributed by atoms with van der Waals surface area (Å²) in [5.74, 6) is 1.74. The zero-order valence-electron chi connectivity index (χ0n) is 17.0. The quantitative estimate of drug-likeness (QED) is 0.691. The molecule has 8 heteroatoms. The van der Waals surface area contributed by atoms with Crippen molar-refractivity contribution in [2.24, 2.45) is 0 Å². The maximum atomic E-state index is 4.83. The number of rotatable bonds is 7. The van der Waals surface area contributed by atoms with Crippen molar-refractivity contribution in [3.05, 3.63) is 17.5 Å². The Balaban J connectivity index is 1.42. The standard InChI is InChI=1S/C20H31N7S/c1-15-16(2)24-19(17-14-23-20(28-17)27-12-7-21-8-13-27)25-18(15)22-6-5-11-26-9-3-4-10-26/h14,21H,3-13H2,1-2H3,(H,22,24,25). The van der Waals surface area contributed by atoms with Gasteiger partial charge < -0.3 is 20.4 Å². The summed E-state index contributed by atoms with van der Waals surface area (Å²) < 4.78 is 0. The Morgan fingerprint density at radius 1 is 1.11 bits per heavy atom. The first-order valence-electron chi connectivity index (χ1n) is 10.4. The maximum Gasteiger partial charge on any atom is 0.186 e. The molecule has 0 amide bonds. The van der Waals surface area contributed by atoms with Crippen molar-refractivity contribution in [1.29, 1.82) is 0 Å². The number of aromatic nitrogens is 3. The molecule has 2 aliphatic heterocycles. The van der Waals surface area contributed by atoms with Crippen LogP contribution < -0.4 is 15.5 Å². The van der Waals surface area contributed by atoms with Gasteiger partial charge in [-0.25, -0.2) is 15.0 Å². The van der Waals surface area contributed by atoms with Crippen LogP contribution in [0.5, 0.6) is 0 Å². The van der Waals surface area contributed by atoms with Gasteiger partial charge in [0.2, 0.25) is 0 Å². The third-order valence-corrected chi connectivity index (χ3v) is 6.69. The number of piperazine rings is 1. The second-order valence-corrected chi connectivity index (χ2v) is 8.69. The molecule has 4 rings (SSSR count). The van der Waals surface area contributed by atoms with E-state index in [0.717, 1.165) is 72.1 Å². The number of hydrogen-bond donors (Lipinski definition) is 2. The van der Waals surface area contributed by atoms with Crippen molar-refractivity contribution < 1.29 is 0 Å². The molecule has 2 aromatic heterocycles. The summed E-state index contributed by atoms with van der Waals surface area (Å²) >= 11 is 1.69. The predicted octanol–water partition coefficient (Wildman–Crippen LogP) is 2.52. The summed E-state index contributed by atoms with van der Waals surface area (Å²) in [5, 5.41) is 8.00. The molecule has 2 N–H and O–H groups in total. The number of hydrogen-bond acceptors (Lipinski definition) is 8. The second-order valence-electron chi connectivity index (χ2n) is 7.68. The normalized spacial score (nSPS) is 18.0. The smallest absolute Gasteiger partial charge is 0.186 e. The van der Waals surface area contributed by atoms with E-state index in [1.54, 1.807) is 11.3 Å². The SMILES string of the molecule is Cc1nc(-c2cnc(N3CCNCC3)s2)nc(NCCCN2CCCC2)c1C. The van der Waals surface area contributed by atoms with Gasteiger partial charge in [-0.05, 0) is 52.7 Å². The Hall–Kier alpha value is -1.77. The zero-order chi connectivity index (χ0) is 19.3. The summed E-state index contributed by atoms with van der Waals surface area (Å²) in [6.07, 6.45) is 5.77. The van der Waals surface area contributed by atoms with Gasteiger partial charge in [0.05, 0.1) is 11.1 Å². The molecule has 0 atom stereocenters. The molecule has 0 saturated carbocycles. The van der Waals surface area contributed by atoms with Gasteiger partial charge in [-0.15, -0.1) is 0 Å². The molecular formula is C20H31N7S. The summed E-state index contributed by atoms with van der Waals surface area (Å²) in [7, 11) is 0. The molecule has 28 heavy (non-hydrogen) atoms. The highest BCUT2D eigenvalue weighted by Crippen LogP contribution is 2.31. The third-order valence-electron chi connectivity index (χ3n) is 5.63. The van der Waals surface area contributed by atoms with Crippen molar-refractivity contribution >= 4 is 22.3 Å². The van der Waals surface area contributed by atoms with E-state index in [2.05, 4.69) is 39.3 Å². The lowest BCUT2D eigenvalue weighted by molar-refractivity contribution is 0.337. The molecule has 0 aliphatic carbocycles. The first kappa shape index (κ1) is 19.5. The van der Waals surface area contributed by atoms with E-state index in [-0.39, 0.29) is 0 Å². The number of thiazole rings is 1. The molecule has 7 nitrogen and oxygen atoms in total. The summed E-state index contributed by atoms with van der Waals surface area (Å²) in [6.45, 7) is 12.8. The Morgan fingerprint density at radius 2 is 1.89 bits per heavy atom. The Bertz CT molecular complexity index is 779. The Labute approximate surface area is 171 Å². The van der Waals surface area contributed by atoms with E-state index >= 15 is 0 Å². The van der Waals surface area contributed by atoms with Gasteiger partial charge in [-0.2, -0.15) is 0 Å². The Morgan fingerprint density at radius 3 is 2.68 bits per heavy atom. The van der Waals surface area contributed by atoms with Crippen molar-refractivity contribution in [2.45, 2.75) is 33.1 Å². The number of aryl methyl sites for hydroxylation is 1. The highest BCUT2D eigenvalue weighted by atomic mass is 32.1. The molecule has 0 spiro atoms. The van der Waals surface area contributed by atoms with E-state index in [4.69, 9.17) is 9.97 Å². The highest BCUT2D eigenvalue weighted by Gasteiger charge is 2.17. The molecule has 0 aromatic carbocycles. The van der Waals surface area contributed by atoms with Crippen LogP contribution in [0.25, 0.3) is 10.7 Å². The van der Waals surface area contributed by atoms with Gasteiger partial charge in [-0.1, -0.05) is 11.3 Å². The largest absolute Gasteiger partial charge is 0.370 e. The average Bonchev–Trinajstić information content (AvgIpc) is 3.41. The van der Waals surface area contributed by atoms with Crippen LogP contribution >= 0.6 is 11.3 Å². The van der Waals surface area contributed by atoms with Gasteiger partial charge in [0.1, 0.15) is 5.82 Å². The molecule has 2 aliphatic rings. The highest BCUT2D eigenvalue weighted by molar-refractivity contribution is 7.18. The fourth-order valence-electron chi connectivity index (χ4n) is 3.80. The molecule has 0 radical (unpaired) electrons. The van der Waals surface area contributed by atoms with Crippen LogP contribution in [-0.4, -0.2) is 72.2 Å². The average molecular weight is 402 g/mol. The van der Waals surface area contributed by atoms with Crippen molar-refractivity contribution in [3.8, 4) is 10.7 Å². The van der Waals surface area contributed by atoms with Crippen molar-refractivity contribution in [1.82, 2.24) is 25.2 Å². The molecule has 2 aromatic rings. The molecule has 0 unspecified atom stereocenters. The topological polar surface area (TPSA) is 69.2 Å². The number of nitrogens with zero attached hydrogens (tertiary/aromatic N) is 5. The van der Waals surface area contributed by atoms with Crippen molar-refractivity contribution in [2.75, 3.05) is 62.6 Å². The molecule has 152 valence electrons. The minimum atomic E-state index is 0.782. The van der Waals surface area contributed by atoms with Gasteiger partial charge >= 0.3 is 0 Å². The van der Waals surface area contributed by atoms with Gasteiger partial charge in [0.15, 0.2) is 11.0 Å². The molecule has 2 saturated heterocycles. The zero-order valence-corrected chi connectivity index (χ0v) is 17.8. The Kier molecular flexibility index (Phi) is 6.39. The van der Waals surface area contributed by atoms with E-state index in [0.29, 0.717) is 0 Å². The lowest BCUT2D eigenvalue weighted by atomic mass is 10.2. The van der Waals surface area contributed by atoms with E-state index in [9.17, 15) is 0 Å². The van der Waals surface area contributed by atoms with E-state index in [1.165, 1.54) is 32.5 Å². The van der Waals surface area contributed by atoms with Crippen molar-refractivity contribution in [3.63, 3.8) is 0 Å². The van der Waals surface area contributed by atoms with Crippen LogP contribution in [0, 0.1) is 13.8 Å². The second kappa shape index (κ2) is 9.15. The van der Waals surface area contributed by atoms with E-state index in [1.807, 2.05) is 6.20 Å². The lowest BCUT2D eigenvalue weighted by Crippen LogP contribution is -2.43. The summed E-state index contributed by atoms with van der Waals surface area (Å²) in [4.78, 5) is 20.1. The molecule has 4 heterocycles. The first-order valence-corrected chi connectivity index (χ1v) is 11.3. The summed E-state index contributed by atoms with van der Waals surface area (Å²) in [6, 6.07) is 0. The number of anilines is 2. The van der Waals surface area contributed by atoms with Gasteiger partial charge in [0, 0.05) is 44.0 Å². The third kappa shape index (κ3) is 4.61. The van der Waals surface area contributed by atoms with Crippen LogP contribution in [-0.2, 0) is 0 Å². The fourth-order valence-corrected chi connectivity index (χ4v) is 4.70. The van der Waals surface area contributed by atoms with Gasteiger partial charge in [-0.3, -0.25) is 0 Å². The monoisotopic (exact) mass is 401 g/mol.